The number of nitro groups is 1. The lowest BCUT2D eigenvalue weighted by Crippen LogP contribution is -2.48. The van der Waals surface area contributed by atoms with Gasteiger partial charge in [-0.15, -0.1) is 0 Å². The fourth-order valence-corrected chi connectivity index (χ4v) is 5.48. The van der Waals surface area contributed by atoms with Crippen LogP contribution in [0.1, 0.15) is 70.4 Å². The molecule has 33 heavy (non-hydrogen) atoms. The van der Waals surface area contributed by atoms with Gasteiger partial charge in [0.1, 0.15) is 11.6 Å². The monoisotopic (exact) mass is 469 g/mol. The molecule has 0 radical (unpaired) electrons. The summed E-state index contributed by atoms with van der Waals surface area (Å²) >= 11 is 0.813. The van der Waals surface area contributed by atoms with Gasteiger partial charge in [-0.05, 0) is 32.8 Å². The maximum atomic E-state index is 13.3. The lowest BCUT2D eigenvalue weighted by Gasteiger charge is -2.34. The molecule has 1 amide bonds. The van der Waals surface area contributed by atoms with E-state index in [9.17, 15) is 14.9 Å². The molecule has 0 spiro atoms. The summed E-state index contributed by atoms with van der Waals surface area (Å²) in [5.74, 6) is 0.790. The van der Waals surface area contributed by atoms with E-state index in [2.05, 4.69) is 25.9 Å². The number of carbonyl (C=O) groups is 1. The van der Waals surface area contributed by atoms with Crippen molar-refractivity contribution in [3.63, 3.8) is 0 Å². The average Bonchev–Trinajstić information content (AvgIpc) is 3.53. The van der Waals surface area contributed by atoms with Crippen LogP contribution < -0.4 is 10.6 Å². The Labute approximate surface area is 193 Å². The summed E-state index contributed by atoms with van der Waals surface area (Å²) in [5, 5.41) is 26.0. The van der Waals surface area contributed by atoms with Gasteiger partial charge < -0.3 is 15.2 Å². The number of hydrogen-bond acceptors (Lipinski definition) is 9. The largest absolute Gasteiger partial charge is 0.361 e. The van der Waals surface area contributed by atoms with Gasteiger partial charge in [-0.2, -0.15) is 5.10 Å². The van der Waals surface area contributed by atoms with Crippen LogP contribution in [-0.2, 0) is 5.66 Å². The quantitative estimate of drug-likeness (QED) is 0.424. The molecule has 1 atom stereocenters. The van der Waals surface area contributed by atoms with Crippen LogP contribution in [0.15, 0.2) is 27.8 Å². The number of thiophene rings is 1. The first kappa shape index (κ1) is 21.3. The predicted octanol–water partition coefficient (Wildman–Crippen LogP) is 4.05. The van der Waals surface area contributed by atoms with Gasteiger partial charge in [0.15, 0.2) is 5.66 Å². The SMILES string of the molecule is Cc1noc(C)c1C1(NC(=O)c2ccc([N+](=O)[O-])s2)N=CNc2c1cnn2C1CCCCC1. The van der Waals surface area contributed by atoms with Crippen molar-refractivity contribution in [2.75, 3.05) is 5.32 Å². The van der Waals surface area contributed by atoms with Gasteiger partial charge in [0, 0.05) is 6.07 Å². The molecule has 4 heterocycles. The van der Waals surface area contributed by atoms with Crippen molar-refractivity contribution < 1.29 is 14.2 Å². The van der Waals surface area contributed by atoms with Crippen LogP contribution in [0.2, 0.25) is 0 Å². The van der Waals surface area contributed by atoms with Crippen LogP contribution >= 0.6 is 11.3 Å². The standard InChI is InChI=1S/C21H23N7O4S/c1-12-18(13(2)32-26-12)21(25-20(29)16-8-9-17(33-16)28(30)31)15-10-24-27(19(15)22-11-23-21)14-6-4-3-5-7-14/h8-11,14H,3-7H2,1-2H3,(H,22,23)(H,25,29). The number of aryl methyl sites for hydroxylation is 2. The minimum Gasteiger partial charge on any atom is -0.361 e. The molecule has 3 aromatic rings. The van der Waals surface area contributed by atoms with E-state index in [4.69, 9.17) is 4.52 Å². The number of fused-ring (bicyclic) bond motifs is 1. The molecule has 2 N–H and O–H groups in total. The number of anilines is 1. The van der Waals surface area contributed by atoms with Crippen molar-refractivity contribution in [3.05, 3.63) is 55.9 Å². The molecule has 2 aliphatic rings. The lowest BCUT2D eigenvalue weighted by atomic mass is 9.90. The number of rotatable bonds is 5. The van der Waals surface area contributed by atoms with Crippen LogP contribution in [0, 0.1) is 24.0 Å². The van der Waals surface area contributed by atoms with E-state index in [1.807, 2.05) is 4.68 Å². The van der Waals surface area contributed by atoms with Gasteiger partial charge in [0.25, 0.3) is 5.91 Å². The van der Waals surface area contributed by atoms with E-state index < -0.39 is 16.5 Å². The minimum absolute atomic E-state index is 0.105. The topological polar surface area (TPSA) is 140 Å². The molecule has 1 fully saturated rings. The summed E-state index contributed by atoms with van der Waals surface area (Å²) in [6.45, 7) is 3.56. The van der Waals surface area contributed by atoms with Gasteiger partial charge in [0.2, 0.25) is 0 Å². The Bertz CT molecular complexity index is 1230. The van der Waals surface area contributed by atoms with Crippen LogP contribution in [0.4, 0.5) is 10.8 Å². The minimum atomic E-state index is -1.34. The number of carbonyl (C=O) groups excluding carboxylic acids is 1. The third kappa shape index (κ3) is 3.50. The van der Waals surface area contributed by atoms with E-state index in [-0.39, 0.29) is 15.9 Å². The van der Waals surface area contributed by atoms with E-state index >= 15 is 0 Å². The van der Waals surface area contributed by atoms with Crippen molar-refractivity contribution in [2.45, 2.75) is 57.7 Å². The fraction of sp³-hybridized carbons (Fsp3) is 0.429. The summed E-state index contributed by atoms with van der Waals surface area (Å²) in [7, 11) is 0. The summed E-state index contributed by atoms with van der Waals surface area (Å²) in [6.07, 6.45) is 8.86. The second kappa shape index (κ2) is 8.10. The molecule has 11 nitrogen and oxygen atoms in total. The average molecular weight is 470 g/mol. The Morgan fingerprint density at radius 2 is 2.12 bits per heavy atom. The van der Waals surface area contributed by atoms with Gasteiger partial charge in [-0.3, -0.25) is 14.9 Å². The third-order valence-electron chi connectivity index (χ3n) is 6.25. The highest BCUT2D eigenvalue weighted by molar-refractivity contribution is 7.17. The number of amides is 1. The first-order valence-electron chi connectivity index (χ1n) is 10.8. The molecule has 0 aromatic carbocycles. The van der Waals surface area contributed by atoms with Crippen LogP contribution in [-0.4, -0.2) is 32.1 Å². The maximum Gasteiger partial charge on any atom is 0.324 e. The molecular formula is C21H23N7O4S. The Morgan fingerprint density at radius 1 is 1.33 bits per heavy atom. The van der Waals surface area contributed by atoms with Gasteiger partial charge >= 0.3 is 5.00 Å². The van der Waals surface area contributed by atoms with Crippen LogP contribution in [0.5, 0.6) is 0 Å². The van der Waals surface area contributed by atoms with Crippen LogP contribution in [0.3, 0.4) is 0 Å². The Morgan fingerprint density at radius 3 is 2.79 bits per heavy atom. The van der Waals surface area contributed by atoms with Gasteiger partial charge in [0.05, 0.1) is 45.2 Å². The summed E-state index contributed by atoms with van der Waals surface area (Å²) < 4.78 is 7.41. The number of nitrogens with zero attached hydrogens (tertiary/aromatic N) is 5. The van der Waals surface area contributed by atoms with E-state index in [1.165, 1.54) is 18.6 Å². The molecule has 1 saturated carbocycles. The fourth-order valence-electron chi connectivity index (χ4n) is 4.77. The zero-order valence-corrected chi connectivity index (χ0v) is 19.0. The smallest absolute Gasteiger partial charge is 0.324 e. The first-order chi connectivity index (χ1) is 15.9. The molecule has 3 aromatic heterocycles. The molecule has 0 bridgehead atoms. The number of aliphatic imine (C=N–C) groups is 1. The summed E-state index contributed by atoms with van der Waals surface area (Å²) in [5.41, 5.74) is 0.534. The number of nitrogens with one attached hydrogen (secondary N) is 2. The summed E-state index contributed by atoms with van der Waals surface area (Å²) in [6, 6.07) is 3.02. The molecular weight excluding hydrogens is 446 g/mol. The van der Waals surface area contributed by atoms with E-state index in [1.54, 1.807) is 26.4 Å². The third-order valence-corrected chi connectivity index (χ3v) is 7.29. The second-order valence-electron chi connectivity index (χ2n) is 8.30. The van der Waals surface area contributed by atoms with E-state index in [0.29, 0.717) is 22.6 Å². The zero-order valence-electron chi connectivity index (χ0n) is 18.2. The molecule has 5 rings (SSSR count). The first-order valence-corrected chi connectivity index (χ1v) is 11.6. The summed E-state index contributed by atoms with van der Waals surface area (Å²) in [4.78, 5) is 28.8. The van der Waals surface area contributed by atoms with E-state index in [0.717, 1.165) is 42.8 Å². The Kier molecular flexibility index (Phi) is 5.23. The second-order valence-corrected chi connectivity index (χ2v) is 9.37. The van der Waals surface area contributed by atoms with Crippen molar-refractivity contribution in [1.29, 1.82) is 0 Å². The van der Waals surface area contributed by atoms with Crippen molar-refractivity contribution >= 4 is 34.4 Å². The van der Waals surface area contributed by atoms with Crippen molar-refractivity contribution in [2.24, 2.45) is 4.99 Å². The lowest BCUT2D eigenvalue weighted by molar-refractivity contribution is -0.380. The molecule has 1 aliphatic heterocycles. The number of hydrogen-bond donors (Lipinski definition) is 2. The van der Waals surface area contributed by atoms with Crippen molar-refractivity contribution in [1.82, 2.24) is 20.3 Å². The normalized spacial score (nSPS) is 20.3. The van der Waals surface area contributed by atoms with Crippen LogP contribution in [0.25, 0.3) is 0 Å². The number of aromatic nitrogens is 3. The van der Waals surface area contributed by atoms with Crippen molar-refractivity contribution in [3.8, 4) is 0 Å². The maximum absolute atomic E-state index is 13.3. The Hall–Kier alpha value is -3.54. The van der Waals surface area contributed by atoms with Gasteiger partial charge in [-0.25, -0.2) is 9.67 Å². The highest BCUT2D eigenvalue weighted by Gasteiger charge is 2.46. The molecule has 1 unspecified atom stereocenters. The predicted molar refractivity (Wildman–Crippen MR) is 122 cm³/mol. The molecule has 0 saturated heterocycles. The van der Waals surface area contributed by atoms with Gasteiger partial charge in [-0.1, -0.05) is 35.8 Å². The molecule has 172 valence electrons. The Balaban J connectivity index is 1.61. The molecule has 1 aliphatic carbocycles. The molecule has 12 heteroatoms. The zero-order chi connectivity index (χ0) is 23.2. The highest BCUT2D eigenvalue weighted by atomic mass is 32.1. The highest BCUT2D eigenvalue weighted by Crippen LogP contribution is 2.43.